The molecule has 144 valence electrons. The van der Waals surface area contributed by atoms with Gasteiger partial charge < -0.3 is 24.6 Å². The van der Waals surface area contributed by atoms with E-state index < -0.39 is 17.7 Å². The van der Waals surface area contributed by atoms with Crippen LogP contribution >= 0.6 is 0 Å². The third-order valence-electron chi connectivity index (χ3n) is 4.46. The van der Waals surface area contributed by atoms with E-state index in [1.807, 2.05) is 12.1 Å². The first kappa shape index (κ1) is 18.8. The molecule has 0 unspecified atom stereocenters. The molecule has 0 saturated carbocycles. The molecule has 27 heavy (non-hydrogen) atoms. The molecule has 2 amide bonds. The van der Waals surface area contributed by atoms with Crippen molar-refractivity contribution in [3.63, 3.8) is 0 Å². The Bertz CT molecular complexity index is 824. The van der Waals surface area contributed by atoms with Gasteiger partial charge in [-0.05, 0) is 24.3 Å². The van der Waals surface area contributed by atoms with Crippen molar-refractivity contribution in [2.75, 3.05) is 50.6 Å². The Hall–Kier alpha value is -3.03. The van der Waals surface area contributed by atoms with Crippen LogP contribution in [0.4, 0.5) is 25.0 Å². The van der Waals surface area contributed by atoms with Gasteiger partial charge in [-0.15, -0.1) is 0 Å². The van der Waals surface area contributed by atoms with Crippen LogP contribution in [0.3, 0.4) is 0 Å². The van der Waals surface area contributed by atoms with Crippen molar-refractivity contribution in [2.45, 2.75) is 0 Å². The van der Waals surface area contributed by atoms with E-state index in [1.165, 1.54) is 0 Å². The number of nitrogens with one attached hydrogen (secondary N) is 1. The van der Waals surface area contributed by atoms with Crippen molar-refractivity contribution in [2.24, 2.45) is 0 Å². The highest BCUT2D eigenvalue weighted by molar-refractivity contribution is 5.89. The first-order valence-electron chi connectivity index (χ1n) is 8.50. The van der Waals surface area contributed by atoms with Crippen LogP contribution in [-0.4, -0.2) is 51.3 Å². The number of nitrogens with zero attached hydrogens (tertiary/aromatic N) is 2. The molecule has 1 heterocycles. The molecular weight excluding hydrogens is 356 g/mol. The zero-order valence-corrected chi connectivity index (χ0v) is 15.2. The van der Waals surface area contributed by atoms with Gasteiger partial charge in [0.2, 0.25) is 0 Å². The second-order valence-electron chi connectivity index (χ2n) is 6.07. The quantitative estimate of drug-likeness (QED) is 0.888. The van der Waals surface area contributed by atoms with E-state index in [0.29, 0.717) is 37.7 Å². The summed E-state index contributed by atoms with van der Waals surface area (Å²) in [4.78, 5) is 16.0. The van der Waals surface area contributed by atoms with Crippen LogP contribution in [-0.2, 0) is 0 Å². The van der Waals surface area contributed by atoms with Crippen molar-refractivity contribution in [1.29, 1.82) is 0 Å². The number of hydrogen-bond acceptors (Lipinski definition) is 4. The van der Waals surface area contributed by atoms with Crippen molar-refractivity contribution >= 4 is 17.4 Å². The number of methoxy groups -OCH3 is 2. The first-order chi connectivity index (χ1) is 13.0. The number of carbonyl (C=O) groups excluding carboxylic acids is 1. The van der Waals surface area contributed by atoms with E-state index in [1.54, 1.807) is 25.2 Å². The standard InChI is InChI=1S/C19H21F2N3O3/c1-26-14-4-6-17(18(12-14)27-2)23-7-9-24(10-8-23)19(25)22-16-11-13(20)3-5-15(16)21/h3-6,11-12H,7-10H2,1-2H3,(H,22,25). The summed E-state index contributed by atoms with van der Waals surface area (Å²) < 4.78 is 37.6. The Morgan fingerprint density at radius 2 is 1.74 bits per heavy atom. The molecule has 3 rings (SSSR count). The first-order valence-corrected chi connectivity index (χ1v) is 8.50. The van der Waals surface area contributed by atoms with Crippen LogP contribution in [0.1, 0.15) is 0 Å². The molecule has 2 aromatic carbocycles. The Balaban J connectivity index is 1.63. The van der Waals surface area contributed by atoms with Crippen molar-refractivity contribution in [3.05, 3.63) is 48.0 Å². The lowest BCUT2D eigenvalue weighted by molar-refractivity contribution is 0.208. The van der Waals surface area contributed by atoms with Crippen LogP contribution in [0.15, 0.2) is 36.4 Å². The molecule has 0 aliphatic carbocycles. The summed E-state index contributed by atoms with van der Waals surface area (Å²) in [5.41, 5.74) is 0.744. The Kier molecular flexibility index (Phi) is 5.63. The molecule has 6 nitrogen and oxygen atoms in total. The molecule has 2 aromatic rings. The van der Waals surface area contributed by atoms with Gasteiger partial charge in [0, 0.05) is 38.3 Å². The van der Waals surface area contributed by atoms with Crippen molar-refractivity contribution < 1.29 is 23.0 Å². The SMILES string of the molecule is COc1ccc(N2CCN(C(=O)Nc3cc(F)ccc3F)CC2)c(OC)c1. The van der Waals surface area contributed by atoms with E-state index >= 15 is 0 Å². The maximum Gasteiger partial charge on any atom is 0.322 e. The number of carbonyl (C=O) groups is 1. The number of benzene rings is 2. The normalized spacial score (nSPS) is 14.1. The second-order valence-corrected chi connectivity index (χ2v) is 6.07. The summed E-state index contributed by atoms with van der Waals surface area (Å²) >= 11 is 0. The minimum absolute atomic E-state index is 0.167. The largest absolute Gasteiger partial charge is 0.497 e. The van der Waals surface area contributed by atoms with Gasteiger partial charge >= 0.3 is 6.03 Å². The van der Waals surface area contributed by atoms with Gasteiger partial charge in [-0.2, -0.15) is 0 Å². The van der Waals surface area contributed by atoms with E-state index in [0.717, 1.165) is 23.9 Å². The smallest absolute Gasteiger partial charge is 0.322 e. The number of amides is 2. The third kappa shape index (κ3) is 4.21. The highest BCUT2D eigenvalue weighted by Crippen LogP contribution is 2.32. The van der Waals surface area contributed by atoms with E-state index in [2.05, 4.69) is 10.2 Å². The number of hydrogen-bond donors (Lipinski definition) is 1. The molecule has 0 atom stereocenters. The van der Waals surface area contributed by atoms with Crippen LogP contribution < -0.4 is 19.7 Å². The number of urea groups is 1. The van der Waals surface area contributed by atoms with Crippen LogP contribution in [0.2, 0.25) is 0 Å². The fourth-order valence-electron chi connectivity index (χ4n) is 2.98. The number of anilines is 2. The summed E-state index contributed by atoms with van der Waals surface area (Å²) in [6.07, 6.45) is 0. The monoisotopic (exact) mass is 377 g/mol. The molecule has 8 heteroatoms. The van der Waals surface area contributed by atoms with Crippen molar-refractivity contribution in [3.8, 4) is 11.5 Å². The summed E-state index contributed by atoms with van der Waals surface area (Å²) in [6.45, 7) is 2.05. The van der Waals surface area contributed by atoms with Gasteiger partial charge in [0.1, 0.15) is 23.1 Å². The average Bonchev–Trinajstić information content (AvgIpc) is 2.70. The van der Waals surface area contributed by atoms with Gasteiger partial charge in [0.25, 0.3) is 0 Å². The highest BCUT2D eigenvalue weighted by atomic mass is 19.1. The van der Waals surface area contributed by atoms with Gasteiger partial charge in [-0.25, -0.2) is 13.6 Å². The molecule has 1 aliphatic heterocycles. The fraction of sp³-hybridized carbons (Fsp3) is 0.316. The molecule has 1 fully saturated rings. The van der Waals surface area contributed by atoms with Crippen LogP contribution in [0.5, 0.6) is 11.5 Å². The van der Waals surface area contributed by atoms with Crippen LogP contribution in [0.25, 0.3) is 0 Å². The number of ether oxygens (including phenoxy) is 2. The summed E-state index contributed by atoms with van der Waals surface area (Å²) in [5.74, 6) is 0.106. The minimum Gasteiger partial charge on any atom is -0.497 e. The second kappa shape index (κ2) is 8.11. The third-order valence-corrected chi connectivity index (χ3v) is 4.46. The lowest BCUT2D eigenvalue weighted by Gasteiger charge is -2.36. The lowest BCUT2D eigenvalue weighted by Crippen LogP contribution is -2.50. The van der Waals surface area contributed by atoms with Gasteiger partial charge in [-0.1, -0.05) is 0 Å². The van der Waals surface area contributed by atoms with Crippen molar-refractivity contribution in [1.82, 2.24) is 4.90 Å². The van der Waals surface area contributed by atoms with E-state index in [9.17, 15) is 13.6 Å². The fourth-order valence-corrected chi connectivity index (χ4v) is 2.98. The molecule has 1 saturated heterocycles. The average molecular weight is 377 g/mol. The summed E-state index contributed by atoms with van der Waals surface area (Å²) in [7, 11) is 3.18. The molecule has 1 N–H and O–H groups in total. The van der Waals surface area contributed by atoms with E-state index in [4.69, 9.17) is 9.47 Å². The molecule has 0 radical (unpaired) electrons. The zero-order valence-electron chi connectivity index (χ0n) is 15.2. The van der Waals surface area contributed by atoms with Gasteiger partial charge in [0.15, 0.2) is 0 Å². The maximum atomic E-state index is 13.7. The number of halogens is 2. The molecule has 1 aliphatic rings. The van der Waals surface area contributed by atoms with E-state index in [-0.39, 0.29) is 5.69 Å². The van der Waals surface area contributed by atoms with Crippen LogP contribution in [0, 0.1) is 11.6 Å². The maximum absolute atomic E-state index is 13.7. The predicted octanol–water partition coefficient (Wildman–Crippen LogP) is 3.34. The highest BCUT2D eigenvalue weighted by Gasteiger charge is 2.24. The topological polar surface area (TPSA) is 54.0 Å². The molecule has 0 spiro atoms. The van der Waals surface area contributed by atoms with Gasteiger partial charge in [-0.3, -0.25) is 0 Å². The lowest BCUT2D eigenvalue weighted by atomic mass is 10.2. The minimum atomic E-state index is -0.675. The predicted molar refractivity (Wildman–Crippen MR) is 98.7 cm³/mol. The number of rotatable bonds is 4. The van der Waals surface area contributed by atoms with Gasteiger partial charge in [0.05, 0.1) is 25.6 Å². The Morgan fingerprint density at radius 3 is 2.41 bits per heavy atom. The molecule has 0 aromatic heterocycles. The molecular formula is C19H21F2N3O3. The molecule has 0 bridgehead atoms. The Labute approximate surface area is 156 Å². The summed E-state index contributed by atoms with van der Waals surface area (Å²) in [6, 6.07) is 8.07. The summed E-state index contributed by atoms with van der Waals surface area (Å²) in [5, 5.41) is 2.43. The Morgan fingerprint density at radius 1 is 1.00 bits per heavy atom. The number of piperazine rings is 1. The zero-order chi connectivity index (χ0) is 19.4.